The number of hydrogen-bond acceptors (Lipinski definition) is 7. The van der Waals surface area contributed by atoms with E-state index in [1.165, 1.54) is 4.90 Å². The van der Waals surface area contributed by atoms with Crippen molar-refractivity contribution in [1.29, 1.82) is 0 Å². The number of ether oxygens (including phenoxy) is 1. The van der Waals surface area contributed by atoms with Crippen LogP contribution in [-0.4, -0.2) is 74.4 Å². The van der Waals surface area contributed by atoms with Crippen molar-refractivity contribution in [2.45, 2.75) is 10.6 Å². The predicted octanol–water partition coefficient (Wildman–Crippen LogP) is 3.96. The summed E-state index contributed by atoms with van der Waals surface area (Å²) in [6.45, 7) is 4.40. The van der Waals surface area contributed by atoms with Gasteiger partial charge in [-0.15, -0.1) is 11.8 Å². The minimum absolute atomic E-state index is 0.217. The first kappa shape index (κ1) is 25.0. The molecule has 0 spiro atoms. The molecule has 1 aliphatic heterocycles. The van der Waals surface area contributed by atoms with Crippen LogP contribution in [0.1, 0.15) is 5.69 Å². The fourth-order valence-electron chi connectivity index (χ4n) is 3.59. The van der Waals surface area contributed by atoms with Gasteiger partial charge in [-0.25, -0.2) is 14.8 Å². The van der Waals surface area contributed by atoms with E-state index in [2.05, 4.69) is 33.7 Å². The highest BCUT2D eigenvalue weighted by molar-refractivity contribution is 7.98. The van der Waals surface area contributed by atoms with Crippen LogP contribution in [0.5, 0.6) is 0 Å². The lowest BCUT2D eigenvalue weighted by Crippen LogP contribution is -2.37. The number of benzene rings is 2. The van der Waals surface area contributed by atoms with Crippen LogP contribution in [0.15, 0.2) is 65.6 Å². The van der Waals surface area contributed by atoms with Crippen molar-refractivity contribution in [1.82, 2.24) is 20.2 Å². The number of aromatic nitrogens is 2. The molecule has 0 radical (unpaired) electrons. The number of morpholine rings is 1. The van der Waals surface area contributed by atoms with Gasteiger partial charge < -0.3 is 25.2 Å². The van der Waals surface area contributed by atoms with Gasteiger partial charge in [0.05, 0.1) is 18.9 Å². The number of nitrogens with zero attached hydrogens (tertiary/aromatic N) is 4. The molecule has 8 nitrogen and oxygen atoms in total. The molecule has 0 unspecified atom stereocenters. The molecule has 1 saturated heterocycles. The number of urea groups is 1. The van der Waals surface area contributed by atoms with E-state index in [1.54, 1.807) is 11.8 Å². The molecule has 9 heteroatoms. The Kier molecular flexibility index (Phi) is 8.94. The van der Waals surface area contributed by atoms with E-state index in [0.29, 0.717) is 25.6 Å². The summed E-state index contributed by atoms with van der Waals surface area (Å²) >= 11 is 1.76. The molecule has 2 aromatic carbocycles. The highest BCUT2D eigenvalue weighted by Crippen LogP contribution is 2.27. The van der Waals surface area contributed by atoms with Crippen molar-refractivity contribution in [3.63, 3.8) is 0 Å². The van der Waals surface area contributed by atoms with Crippen molar-refractivity contribution in [2.24, 2.45) is 0 Å². The van der Waals surface area contributed by atoms with E-state index in [1.807, 2.05) is 61.5 Å². The van der Waals surface area contributed by atoms with Crippen molar-refractivity contribution in [3.05, 3.63) is 66.4 Å². The summed E-state index contributed by atoms with van der Waals surface area (Å²) in [4.78, 5) is 27.3. The third-order valence-corrected chi connectivity index (χ3v) is 6.52. The second-order valence-corrected chi connectivity index (χ2v) is 9.55. The standard InChI is InChI=1S/C26H32N6O2S/c1-31(2)13-12-27-26(33)29-21-10-8-20(9-11-21)25-28-22(19-35-23-6-4-3-5-7-23)18-24(30-25)32-14-16-34-17-15-32/h3-11,18H,12-17,19H2,1-2H3,(H2,27,29,33). The molecule has 2 amide bonds. The molecule has 2 heterocycles. The van der Waals surface area contributed by atoms with E-state index < -0.39 is 0 Å². The molecular formula is C26H32N6O2S. The van der Waals surface area contributed by atoms with E-state index in [0.717, 1.165) is 48.1 Å². The van der Waals surface area contributed by atoms with Crippen molar-refractivity contribution < 1.29 is 9.53 Å². The fourth-order valence-corrected chi connectivity index (χ4v) is 4.40. The van der Waals surface area contributed by atoms with E-state index in [4.69, 9.17) is 14.7 Å². The Balaban J connectivity index is 1.49. The van der Waals surface area contributed by atoms with Gasteiger partial charge in [-0.2, -0.15) is 0 Å². The van der Waals surface area contributed by atoms with Crippen LogP contribution in [0.25, 0.3) is 11.4 Å². The van der Waals surface area contributed by atoms with Crippen LogP contribution in [0.2, 0.25) is 0 Å². The summed E-state index contributed by atoms with van der Waals surface area (Å²) in [5.41, 5.74) is 2.61. The second-order valence-electron chi connectivity index (χ2n) is 8.50. The molecule has 3 aromatic rings. The summed E-state index contributed by atoms with van der Waals surface area (Å²) < 4.78 is 5.52. The summed E-state index contributed by atoms with van der Waals surface area (Å²) in [6, 6.07) is 19.9. The number of carbonyl (C=O) groups excluding carboxylic acids is 1. The Morgan fingerprint density at radius 3 is 2.51 bits per heavy atom. The maximum Gasteiger partial charge on any atom is 0.319 e. The number of nitrogens with one attached hydrogen (secondary N) is 2. The average Bonchev–Trinajstić information content (AvgIpc) is 2.88. The van der Waals surface area contributed by atoms with Gasteiger partial charge in [-0.3, -0.25) is 0 Å². The first-order valence-corrected chi connectivity index (χ1v) is 12.7. The van der Waals surface area contributed by atoms with E-state index in [9.17, 15) is 4.79 Å². The van der Waals surface area contributed by atoms with Gasteiger partial charge >= 0.3 is 6.03 Å². The Hall–Kier alpha value is -3.14. The SMILES string of the molecule is CN(C)CCNC(=O)Nc1ccc(-c2nc(CSc3ccccc3)cc(N3CCOCC3)n2)cc1. The molecule has 0 bridgehead atoms. The van der Waals surface area contributed by atoms with Crippen molar-refractivity contribution in [3.8, 4) is 11.4 Å². The first-order valence-electron chi connectivity index (χ1n) is 11.8. The molecule has 0 atom stereocenters. The van der Waals surface area contributed by atoms with Crippen molar-refractivity contribution >= 4 is 29.3 Å². The molecule has 1 aromatic heterocycles. The smallest absolute Gasteiger partial charge is 0.319 e. The van der Waals surface area contributed by atoms with Crippen LogP contribution < -0.4 is 15.5 Å². The number of amides is 2. The molecule has 1 aliphatic rings. The second kappa shape index (κ2) is 12.5. The predicted molar refractivity (Wildman–Crippen MR) is 142 cm³/mol. The first-order chi connectivity index (χ1) is 17.1. The van der Waals surface area contributed by atoms with Crippen LogP contribution >= 0.6 is 11.8 Å². The molecule has 35 heavy (non-hydrogen) atoms. The van der Waals surface area contributed by atoms with Crippen LogP contribution in [0, 0.1) is 0 Å². The van der Waals surface area contributed by atoms with Gasteiger partial charge in [0.2, 0.25) is 0 Å². The molecule has 2 N–H and O–H groups in total. The van der Waals surface area contributed by atoms with Crippen LogP contribution in [0.3, 0.4) is 0 Å². The monoisotopic (exact) mass is 492 g/mol. The summed E-state index contributed by atoms with van der Waals surface area (Å²) in [5, 5.41) is 5.73. The molecule has 0 aliphatic carbocycles. The van der Waals surface area contributed by atoms with Crippen molar-refractivity contribution in [2.75, 3.05) is 63.7 Å². The largest absolute Gasteiger partial charge is 0.378 e. The topological polar surface area (TPSA) is 82.6 Å². The summed E-state index contributed by atoms with van der Waals surface area (Å²) in [5.74, 6) is 2.35. The molecule has 0 saturated carbocycles. The average molecular weight is 493 g/mol. The highest BCUT2D eigenvalue weighted by Gasteiger charge is 2.16. The molecule has 1 fully saturated rings. The fraction of sp³-hybridized carbons (Fsp3) is 0.346. The number of thioether (sulfide) groups is 1. The summed E-state index contributed by atoms with van der Waals surface area (Å²) in [7, 11) is 3.94. The van der Waals surface area contributed by atoms with Gasteiger partial charge in [-0.1, -0.05) is 18.2 Å². The lowest BCUT2D eigenvalue weighted by molar-refractivity contribution is 0.122. The van der Waals surface area contributed by atoms with Crippen LogP contribution in [0.4, 0.5) is 16.3 Å². The summed E-state index contributed by atoms with van der Waals surface area (Å²) in [6.07, 6.45) is 0. The molecular weight excluding hydrogens is 460 g/mol. The maximum atomic E-state index is 12.1. The Bertz CT molecular complexity index is 1090. The third kappa shape index (κ3) is 7.68. The van der Waals surface area contributed by atoms with Gasteiger partial charge in [0.15, 0.2) is 5.82 Å². The van der Waals surface area contributed by atoms with E-state index in [-0.39, 0.29) is 6.03 Å². The Morgan fingerprint density at radius 1 is 1.06 bits per heavy atom. The highest BCUT2D eigenvalue weighted by atomic mass is 32.2. The van der Waals surface area contributed by atoms with Gasteiger partial charge in [-0.05, 0) is 50.5 Å². The minimum Gasteiger partial charge on any atom is -0.378 e. The Morgan fingerprint density at radius 2 is 1.80 bits per heavy atom. The lowest BCUT2D eigenvalue weighted by atomic mass is 10.2. The number of anilines is 2. The van der Waals surface area contributed by atoms with Gasteiger partial charge in [0.1, 0.15) is 5.82 Å². The lowest BCUT2D eigenvalue weighted by Gasteiger charge is -2.28. The van der Waals surface area contributed by atoms with E-state index >= 15 is 0 Å². The third-order valence-electron chi connectivity index (χ3n) is 5.48. The zero-order valence-corrected chi connectivity index (χ0v) is 21.1. The number of rotatable bonds is 9. The van der Waals surface area contributed by atoms with Gasteiger partial charge in [0.25, 0.3) is 0 Å². The molecule has 184 valence electrons. The minimum atomic E-state index is -0.217. The van der Waals surface area contributed by atoms with Gasteiger partial charge in [0, 0.05) is 54.1 Å². The number of carbonyl (C=O) groups is 1. The number of likely N-dealkylation sites (N-methyl/N-ethyl adjacent to an activating group) is 1. The normalized spacial score (nSPS) is 13.6. The Labute approximate surface area is 211 Å². The molecule has 4 rings (SSSR count). The zero-order valence-electron chi connectivity index (χ0n) is 20.2. The zero-order chi connectivity index (χ0) is 24.5. The number of hydrogen-bond donors (Lipinski definition) is 2. The maximum absolute atomic E-state index is 12.1. The van der Waals surface area contributed by atoms with Crippen LogP contribution in [-0.2, 0) is 10.5 Å². The quantitative estimate of drug-likeness (QED) is 0.438.